The molecule has 1 atom stereocenters. The predicted octanol–water partition coefficient (Wildman–Crippen LogP) is 3.14. The van der Waals surface area contributed by atoms with Crippen LogP contribution in [-0.4, -0.2) is 42.3 Å². The molecule has 120 valence electrons. The Morgan fingerprint density at radius 1 is 1.33 bits per heavy atom. The molecule has 0 bridgehead atoms. The van der Waals surface area contributed by atoms with Gasteiger partial charge >= 0.3 is 12.1 Å². The fourth-order valence-corrected chi connectivity index (χ4v) is 2.11. The summed E-state index contributed by atoms with van der Waals surface area (Å²) in [5.41, 5.74) is -0.440. The average molecular weight is 297 g/mol. The summed E-state index contributed by atoms with van der Waals surface area (Å²) in [6.45, 7) is 9.27. The third kappa shape index (κ3) is 6.19. The van der Waals surface area contributed by atoms with E-state index in [1.165, 1.54) is 6.08 Å². The lowest BCUT2D eigenvalue weighted by atomic mass is 9.98. The fourth-order valence-electron chi connectivity index (χ4n) is 2.11. The molecule has 0 radical (unpaired) electrons. The van der Waals surface area contributed by atoms with E-state index >= 15 is 0 Å². The molecule has 1 aliphatic heterocycles. The van der Waals surface area contributed by atoms with Crippen LogP contribution in [0.5, 0.6) is 0 Å². The summed E-state index contributed by atoms with van der Waals surface area (Å²) in [5, 5.41) is 0. The molecule has 1 fully saturated rings. The van der Waals surface area contributed by atoms with Gasteiger partial charge < -0.3 is 14.4 Å². The number of carbonyl (C=O) groups is 2. The number of hydrogen-bond acceptors (Lipinski definition) is 4. The lowest BCUT2D eigenvalue weighted by Crippen LogP contribution is -2.43. The van der Waals surface area contributed by atoms with Crippen LogP contribution in [0.15, 0.2) is 12.2 Å². The lowest BCUT2D eigenvalue weighted by molar-refractivity contribution is -0.137. The highest BCUT2D eigenvalue weighted by Crippen LogP contribution is 2.21. The van der Waals surface area contributed by atoms with E-state index < -0.39 is 5.60 Å². The first-order valence-electron chi connectivity index (χ1n) is 7.70. The van der Waals surface area contributed by atoms with Gasteiger partial charge in [-0.3, -0.25) is 0 Å². The number of hydrogen-bond donors (Lipinski definition) is 0. The van der Waals surface area contributed by atoms with Gasteiger partial charge in [0.05, 0.1) is 6.61 Å². The van der Waals surface area contributed by atoms with Crippen molar-refractivity contribution in [3.8, 4) is 0 Å². The highest BCUT2D eigenvalue weighted by molar-refractivity contribution is 5.81. The monoisotopic (exact) mass is 297 g/mol. The van der Waals surface area contributed by atoms with E-state index in [0.29, 0.717) is 19.7 Å². The molecule has 0 aromatic rings. The SMILES string of the molecule is CCOC(=O)/C=C/C1CCCN(C(=O)OC(C)(C)CC)C1. The molecule has 0 spiro atoms. The molecular weight excluding hydrogens is 270 g/mol. The summed E-state index contributed by atoms with van der Waals surface area (Å²) in [4.78, 5) is 25.2. The molecule has 1 amide bonds. The van der Waals surface area contributed by atoms with Crippen molar-refractivity contribution in [3.63, 3.8) is 0 Å². The Morgan fingerprint density at radius 3 is 2.67 bits per heavy atom. The number of ether oxygens (including phenoxy) is 2. The Morgan fingerprint density at radius 2 is 2.05 bits per heavy atom. The minimum Gasteiger partial charge on any atom is -0.463 e. The van der Waals surface area contributed by atoms with Crippen molar-refractivity contribution < 1.29 is 19.1 Å². The number of piperidine rings is 1. The van der Waals surface area contributed by atoms with E-state index in [4.69, 9.17) is 9.47 Å². The maximum atomic E-state index is 12.1. The highest BCUT2D eigenvalue weighted by Gasteiger charge is 2.28. The smallest absolute Gasteiger partial charge is 0.410 e. The van der Waals surface area contributed by atoms with Crippen LogP contribution in [0.4, 0.5) is 4.79 Å². The Balaban J connectivity index is 2.52. The number of likely N-dealkylation sites (tertiary alicyclic amines) is 1. The van der Waals surface area contributed by atoms with Crippen LogP contribution in [-0.2, 0) is 14.3 Å². The minimum atomic E-state index is -0.440. The topological polar surface area (TPSA) is 55.8 Å². The van der Waals surface area contributed by atoms with E-state index in [9.17, 15) is 9.59 Å². The van der Waals surface area contributed by atoms with Crippen molar-refractivity contribution in [3.05, 3.63) is 12.2 Å². The second-order valence-corrected chi connectivity index (χ2v) is 5.94. The molecule has 21 heavy (non-hydrogen) atoms. The maximum Gasteiger partial charge on any atom is 0.410 e. The minimum absolute atomic E-state index is 0.181. The third-order valence-corrected chi connectivity index (χ3v) is 3.72. The number of carbonyl (C=O) groups excluding carboxylic acids is 2. The summed E-state index contributed by atoms with van der Waals surface area (Å²) >= 11 is 0. The van der Waals surface area contributed by atoms with Gasteiger partial charge in [0.1, 0.15) is 5.60 Å². The zero-order valence-corrected chi connectivity index (χ0v) is 13.6. The molecule has 1 aliphatic rings. The van der Waals surface area contributed by atoms with Crippen molar-refractivity contribution >= 4 is 12.1 Å². The summed E-state index contributed by atoms with van der Waals surface area (Å²) in [6.07, 6.45) is 5.69. The summed E-state index contributed by atoms with van der Waals surface area (Å²) in [7, 11) is 0. The van der Waals surface area contributed by atoms with Gasteiger partial charge in [0.25, 0.3) is 0 Å². The lowest BCUT2D eigenvalue weighted by Gasteiger charge is -2.33. The van der Waals surface area contributed by atoms with Gasteiger partial charge in [0, 0.05) is 19.2 Å². The van der Waals surface area contributed by atoms with Gasteiger partial charge in [-0.15, -0.1) is 0 Å². The molecule has 5 nitrogen and oxygen atoms in total. The first kappa shape index (κ1) is 17.5. The van der Waals surface area contributed by atoms with Crippen LogP contribution in [0.1, 0.15) is 47.0 Å². The molecule has 5 heteroatoms. The molecule has 1 rings (SSSR count). The molecule has 0 saturated carbocycles. The second kappa shape index (κ2) is 8.05. The molecule has 0 N–H and O–H groups in total. The molecule has 1 unspecified atom stereocenters. The molecule has 1 heterocycles. The normalized spacial score (nSPS) is 19.6. The summed E-state index contributed by atoms with van der Waals surface area (Å²) in [6, 6.07) is 0. The van der Waals surface area contributed by atoms with Crippen molar-refractivity contribution in [2.45, 2.75) is 52.6 Å². The predicted molar refractivity (Wildman–Crippen MR) is 80.9 cm³/mol. The number of esters is 1. The van der Waals surface area contributed by atoms with Gasteiger partial charge in [0.15, 0.2) is 0 Å². The quantitative estimate of drug-likeness (QED) is 0.578. The second-order valence-electron chi connectivity index (χ2n) is 5.94. The Hall–Kier alpha value is -1.52. The summed E-state index contributed by atoms with van der Waals surface area (Å²) in [5.74, 6) is -0.148. The van der Waals surface area contributed by atoms with Gasteiger partial charge in [-0.25, -0.2) is 9.59 Å². The van der Waals surface area contributed by atoms with Gasteiger partial charge in [-0.05, 0) is 46.0 Å². The van der Waals surface area contributed by atoms with Crippen LogP contribution >= 0.6 is 0 Å². The maximum absolute atomic E-state index is 12.1. The number of nitrogens with zero attached hydrogens (tertiary/aromatic N) is 1. The zero-order valence-electron chi connectivity index (χ0n) is 13.6. The van der Waals surface area contributed by atoms with Crippen molar-refractivity contribution in [1.82, 2.24) is 4.90 Å². The van der Waals surface area contributed by atoms with E-state index in [1.807, 2.05) is 26.8 Å². The summed E-state index contributed by atoms with van der Waals surface area (Å²) < 4.78 is 10.4. The molecule has 0 aliphatic carbocycles. The zero-order chi connectivity index (χ0) is 15.9. The van der Waals surface area contributed by atoms with Gasteiger partial charge in [-0.2, -0.15) is 0 Å². The van der Waals surface area contributed by atoms with E-state index in [0.717, 1.165) is 19.3 Å². The standard InChI is InChI=1S/C16H27NO4/c1-5-16(3,4)21-15(19)17-11-7-8-13(12-17)9-10-14(18)20-6-2/h9-10,13H,5-8,11-12H2,1-4H3/b10-9+. The van der Waals surface area contributed by atoms with Crippen molar-refractivity contribution in [2.75, 3.05) is 19.7 Å². The highest BCUT2D eigenvalue weighted by atomic mass is 16.6. The number of amides is 1. The molecule has 0 aromatic carbocycles. The fraction of sp³-hybridized carbons (Fsp3) is 0.750. The van der Waals surface area contributed by atoms with Crippen LogP contribution in [0.3, 0.4) is 0 Å². The third-order valence-electron chi connectivity index (χ3n) is 3.72. The van der Waals surface area contributed by atoms with E-state index in [-0.39, 0.29) is 18.0 Å². The first-order valence-corrected chi connectivity index (χ1v) is 7.70. The molecule has 0 aromatic heterocycles. The van der Waals surface area contributed by atoms with Gasteiger partial charge in [-0.1, -0.05) is 13.0 Å². The Labute approximate surface area is 127 Å². The van der Waals surface area contributed by atoms with E-state index in [2.05, 4.69) is 0 Å². The first-order chi connectivity index (χ1) is 9.88. The van der Waals surface area contributed by atoms with Crippen molar-refractivity contribution in [2.24, 2.45) is 5.92 Å². The van der Waals surface area contributed by atoms with Gasteiger partial charge in [0.2, 0.25) is 0 Å². The Bertz CT molecular complexity index is 390. The molecular formula is C16H27NO4. The molecule has 1 saturated heterocycles. The van der Waals surface area contributed by atoms with Crippen LogP contribution in [0.25, 0.3) is 0 Å². The van der Waals surface area contributed by atoms with Crippen molar-refractivity contribution in [1.29, 1.82) is 0 Å². The van der Waals surface area contributed by atoms with Crippen LogP contribution in [0, 0.1) is 5.92 Å². The average Bonchev–Trinajstić information content (AvgIpc) is 2.45. The van der Waals surface area contributed by atoms with E-state index in [1.54, 1.807) is 11.8 Å². The number of rotatable bonds is 5. The van der Waals surface area contributed by atoms with Crippen LogP contribution in [0.2, 0.25) is 0 Å². The van der Waals surface area contributed by atoms with Crippen LogP contribution < -0.4 is 0 Å². The Kier molecular flexibility index (Phi) is 6.72. The largest absolute Gasteiger partial charge is 0.463 e.